The normalized spacial score (nSPS) is 16.3. The average molecular weight is 356 g/mol. The van der Waals surface area contributed by atoms with Gasteiger partial charge in [0.05, 0.1) is 6.20 Å². The van der Waals surface area contributed by atoms with E-state index in [4.69, 9.17) is 9.47 Å². The van der Waals surface area contributed by atoms with E-state index >= 15 is 0 Å². The van der Waals surface area contributed by atoms with Crippen LogP contribution in [0, 0.1) is 0 Å². The molecule has 0 spiro atoms. The van der Waals surface area contributed by atoms with Gasteiger partial charge in [0.1, 0.15) is 13.2 Å². The Bertz CT molecular complexity index is 807. The number of benzene rings is 1. The molecule has 1 saturated heterocycles. The number of piperazine rings is 1. The molecule has 3 heterocycles. The van der Waals surface area contributed by atoms with Gasteiger partial charge in [0.2, 0.25) is 11.9 Å². The highest BCUT2D eigenvalue weighted by atomic mass is 16.6. The van der Waals surface area contributed by atoms with Crippen LogP contribution in [0.25, 0.3) is 0 Å². The molecule has 0 aliphatic carbocycles. The molecule has 1 N–H and O–H groups in total. The van der Waals surface area contributed by atoms with E-state index < -0.39 is 0 Å². The monoisotopic (exact) mass is 356 g/mol. The molecule has 2 aromatic rings. The zero-order valence-corrected chi connectivity index (χ0v) is 14.5. The van der Waals surface area contributed by atoms with Crippen LogP contribution in [0.5, 0.6) is 11.5 Å². The van der Waals surface area contributed by atoms with Crippen molar-refractivity contribution in [2.45, 2.75) is 6.92 Å². The van der Waals surface area contributed by atoms with Crippen LogP contribution in [0.15, 0.2) is 24.4 Å². The summed E-state index contributed by atoms with van der Waals surface area (Å²) < 4.78 is 11.1. The smallest absolute Gasteiger partial charge is 0.247 e. The van der Waals surface area contributed by atoms with Gasteiger partial charge >= 0.3 is 0 Å². The summed E-state index contributed by atoms with van der Waals surface area (Å²) in [5, 5.41) is 11.4. The number of amides is 1. The number of nitrogens with zero attached hydrogens (tertiary/aromatic N) is 5. The van der Waals surface area contributed by atoms with Crippen LogP contribution < -0.4 is 19.7 Å². The van der Waals surface area contributed by atoms with E-state index in [1.165, 1.54) is 0 Å². The van der Waals surface area contributed by atoms with Crippen LogP contribution in [0.2, 0.25) is 0 Å². The molecule has 26 heavy (non-hydrogen) atoms. The minimum Gasteiger partial charge on any atom is -0.486 e. The Balaban J connectivity index is 1.45. The Kier molecular flexibility index (Phi) is 4.42. The van der Waals surface area contributed by atoms with Crippen LogP contribution in [-0.2, 0) is 4.79 Å². The molecule has 0 bridgehead atoms. The number of fused-ring (bicyclic) bond motifs is 1. The van der Waals surface area contributed by atoms with Crippen LogP contribution in [0.1, 0.15) is 6.92 Å². The van der Waals surface area contributed by atoms with Crippen molar-refractivity contribution in [1.82, 2.24) is 20.1 Å². The molecular formula is C17H20N6O3. The van der Waals surface area contributed by atoms with Crippen LogP contribution in [0.3, 0.4) is 0 Å². The highest BCUT2D eigenvalue weighted by Crippen LogP contribution is 2.33. The number of carbonyl (C=O) groups is 1. The molecule has 1 aromatic heterocycles. The quantitative estimate of drug-likeness (QED) is 0.873. The van der Waals surface area contributed by atoms with Crippen LogP contribution >= 0.6 is 0 Å². The molecule has 4 rings (SSSR count). The molecule has 1 amide bonds. The third-order valence-corrected chi connectivity index (χ3v) is 4.37. The van der Waals surface area contributed by atoms with Gasteiger partial charge in [-0.1, -0.05) is 0 Å². The van der Waals surface area contributed by atoms with Gasteiger partial charge in [0, 0.05) is 44.9 Å². The Hall–Kier alpha value is -3.10. The Morgan fingerprint density at radius 2 is 1.88 bits per heavy atom. The Labute approximate surface area is 150 Å². The lowest BCUT2D eigenvalue weighted by atomic mass is 10.2. The maximum Gasteiger partial charge on any atom is 0.247 e. The predicted molar refractivity (Wildman–Crippen MR) is 95.0 cm³/mol. The number of aromatic nitrogens is 3. The molecule has 0 atom stereocenters. The van der Waals surface area contributed by atoms with Gasteiger partial charge in [-0.15, -0.1) is 5.10 Å². The maximum absolute atomic E-state index is 11.4. The number of rotatable bonds is 3. The second kappa shape index (κ2) is 7.03. The van der Waals surface area contributed by atoms with Gasteiger partial charge in [-0.25, -0.2) is 0 Å². The number of anilines is 3. The first kappa shape index (κ1) is 16.4. The number of hydrogen-bond donors (Lipinski definition) is 1. The lowest BCUT2D eigenvalue weighted by Crippen LogP contribution is -2.48. The lowest BCUT2D eigenvalue weighted by Gasteiger charge is -2.33. The summed E-state index contributed by atoms with van der Waals surface area (Å²) in [4.78, 5) is 19.8. The van der Waals surface area contributed by atoms with E-state index in [1.807, 2.05) is 28.0 Å². The van der Waals surface area contributed by atoms with E-state index in [-0.39, 0.29) is 5.91 Å². The average Bonchev–Trinajstić information content (AvgIpc) is 2.68. The van der Waals surface area contributed by atoms with Crippen molar-refractivity contribution in [2.24, 2.45) is 0 Å². The summed E-state index contributed by atoms with van der Waals surface area (Å²) >= 11 is 0. The number of carbonyl (C=O) groups excluding carboxylic acids is 1. The fourth-order valence-corrected chi connectivity index (χ4v) is 2.98. The number of ether oxygens (including phenoxy) is 2. The summed E-state index contributed by atoms with van der Waals surface area (Å²) in [7, 11) is 0. The van der Waals surface area contributed by atoms with E-state index in [0.717, 1.165) is 11.4 Å². The summed E-state index contributed by atoms with van der Waals surface area (Å²) in [5.41, 5.74) is 0.835. The Morgan fingerprint density at radius 3 is 2.65 bits per heavy atom. The molecule has 2 aliphatic heterocycles. The molecule has 2 aliphatic rings. The predicted octanol–water partition coefficient (Wildman–Crippen LogP) is 1.05. The first-order valence-electron chi connectivity index (χ1n) is 8.56. The first-order valence-corrected chi connectivity index (χ1v) is 8.56. The molecule has 0 saturated carbocycles. The Morgan fingerprint density at radius 1 is 1.12 bits per heavy atom. The van der Waals surface area contributed by atoms with Crippen molar-refractivity contribution in [2.75, 3.05) is 49.6 Å². The standard InChI is InChI=1S/C17H20N6O3/c1-12(24)22-4-6-23(7-5-22)17-20-16(11-18-21-17)19-13-2-3-14-15(10-13)26-9-8-25-14/h2-3,10-11H,4-9H2,1H3,(H,19,20,21). The van der Waals surface area contributed by atoms with Crippen molar-refractivity contribution in [1.29, 1.82) is 0 Å². The van der Waals surface area contributed by atoms with Crippen molar-refractivity contribution in [3.05, 3.63) is 24.4 Å². The topological polar surface area (TPSA) is 92.7 Å². The number of nitrogens with one attached hydrogen (secondary N) is 1. The van der Waals surface area contributed by atoms with E-state index in [9.17, 15) is 4.79 Å². The van der Waals surface area contributed by atoms with Gasteiger partial charge in [0.15, 0.2) is 17.3 Å². The third-order valence-electron chi connectivity index (χ3n) is 4.37. The SMILES string of the molecule is CC(=O)N1CCN(c2nncc(Nc3ccc4c(c3)OCCO4)n2)CC1. The fourth-order valence-electron chi connectivity index (χ4n) is 2.98. The molecule has 0 unspecified atom stereocenters. The lowest BCUT2D eigenvalue weighted by molar-refractivity contribution is -0.129. The molecule has 136 valence electrons. The van der Waals surface area contributed by atoms with Gasteiger partial charge in [-0.3, -0.25) is 4.79 Å². The molecular weight excluding hydrogens is 336 g/mol. The van der Waals surface area contributed by atoms with E-state index in [0.29, 0.717) is 56.9 Å². The number of hydrogen-bond acceptors (Lipinski definition) is 8. The minimum atomic E-state index is 0.0951. The summed E-state index contributed by atoms with van der Waals surface area (Å²) in [6.07, 6.45) is 1.58. The summed E-state index contributed by atoms with van der Waals surface area (Å²) in [6.45, 7) is 5.41. The van der Waals surface area contributed by atoms with Crippen LogP contribution in [-0.4, -0.2) is 65.4 Å². The molecule has 0 radical (unpaired) electrons. The molecule has 9 heteroatoms. The van der Waals surface area contributed by atoms with E-state index in [1.54, 1.807) is 13.1 Å². The van der Waals surface area contributed by atoms with Crippen LogP contribution in [0.4, 0.5) is 17.5 Å². The highest BCUT2D eigenvalue weighted by Gasteiger charge is 2.21. The van der Waals surface area contributed by atoms with Gasteiger partial charge < -0.3 is 24.6 Å². The van der Waals surface area contributed by atoms with Crippen molar-refractivity contribution >= 4 is 23.4 Å². The minimum absolute atomic E-state index is 0.0951. The van der Waals surface area contributed by atoms with Gasteiger partial charge in [0.25, 0.3) is 0 Å². The highest BCUT2D eigenvalue weighted by molar-refractivity contribution is 5.73. The first-order chi connectivity index (χ1) is 12.7. The molecule has 1 fully saturated rings. The zero-order valence-electron chi connectivity index (χ0n) is 14.5. The summed E-state index contributed by atoms with van der Waals surface area (Å²) in [5.74, 6) is 2.70. The summed E-state index contributed by atoms with van der Waals surface area (Å²) in [6, 6.07) is 5.65. The second-order valence-corrected chi connectivity index (χ2v) is 6.12. The molecule has 1 aromatic carbocycles. The second-order valence-electron chi connectivity index (χ2n) is 6.12. The van der Waals surface area contributed by atoms with Gasteiger partial charge in [-0.05, 0) is 12.1 Å². The maximum atomic E-state index is 11.4. The largest absolute Gasteiger partial charge is 0.486 e. The zero-order chi connectivity index (χ0) is 17.9. The molecule has 9 nitrogen and oxygen atoms in total. The fraction of sp³-hybridized carbons (Fsp3) is 0.412. The van der Waals surface area contributed by atoms with Gasteiger partial charge in [-0.2, -0.15) is 10.1 Å². The van der Waals surface area contributed by atoms with E-state index in [2.05, 4.69) is 20.5 Å². The third kappa shape index (κ3) is 3.46. The van der Waals surface area contributed by atoms with Crippen molar-refractivity contribution in [3.63, 3.8) is 0 Å². The van der Waals surface area contributed by atoms with Crippen molar-refractivity contribution in [3.8, 4) is 11.5 Å². The van der Waals surface area contributed by atoms with Crippen molar-refractivity contribution < 1.29 is 14.3 Å².